The Morgan fingerprint density at radius 3 is 3.00 bits per heavy atom. The summed E-state index contributed by atoms with van der Waals surface area (Å²) in [5, 5.41) is 2.09. The molecular weight excluding hydrogens is 218 g/mol. The van der Waals surface area contributed by atoms with Gasteiger partial charge in [-0.2, -0.15) is 0 Å². The predicted molar refractivity (Wildman–Crippen MR) is 62.2 cm³/mol. The number of hydrogen-bond acceptors (Lipinski definition) is 3. The molecule has 0 amide bonds. The van der Waals surface area contributed by atoms with E-state index in [-0.39, 0.29) is 0 Å². The molecule has 0 aliphatic carbocycles. The molecule has 68 valence electrons. The molecule has 0 aliphatic heterocycles. The standard InChI is InChI=1S/C9H9NS3/c1-2-6-8(10-9(11)13-6)7-4-3-5-12-7/h3-5H,2H2,1H3,(H,10,11). The molecule has 1 nitrogen and oxygen atoms in total. The van der Waals surface area contributed by atoms with E-state index in [1.165, 1.54) is 15.4 Å². The molecule has 0 saturated heterocycles. The maximum atomic E-state index is 5.13. The van der Waals surface area contributed by atoms with Crippen molar-refractivity contribution in [3.05, 3.63) is 26.3 Å². The zero-order chi connectivity index (χ0) is 9.26. The summed E-state index contributed by atoms with van der Waals surface area (Å²) >= 11 is 8.55. The monoisotopic (exact) mass is 227 g/mol. The zero-order valence-electron chi connectivity index (χ0n) is 7.16. The van der Waals surface area contributed by atoms with Crippen molar-refractivity contribution in [1.82, 2.24) is 4.98 Å². The Bertz CT molecular complexity index is 436. The van der Waals surface area contributed by atoms with E-state index < -0.39 is 0 Å². The highest BCUT2D eigenvalue weighted by molar-refractivity contribution is 7.73. The second-order valence-electron chi connectivity index (χ2n) is 2.64. The lowest BCUT2D eigenvalue weighted by atomic mass is 10.3. The fourth-order valence-corrected chi connectivity index (χ4v) is 3.23. The SMILES string of the molecule is CCc1sc(=S)[nH]c1-c1cccs1. The number of rotatable bonds is 2. The summed E-state index contributed by atoms with van der Waals surface area (Å²) in [5.41, 5.74) is 1.22. The third kappa shape index (κ3) is 1.75. The first kappa shape index (κ1) is 9.12. The van der Waals surface area contributed by atoms with Gasteiger partial charge in [-0.15, -0.1) is 22.7 Å². The van der Waals surface area contributed by atoms with Crippen molar-refractivity contribution >= 4 is 34.9 Å². The molecule has 2 aromatic heterocycles. The van der Waals surface area contributed by atoms with Crippen LogP contribution < -0.4 is 0 Å². The van der Waals surface area contributed by atoms with Crippen LogP contribution in [0.1, 0.15) is 11.8 Å². The van der Waals surface area contributed by atoms with Crippen molar-refractivity contribution in [3.63, 3.8) is 0 Å². The van der Waals surface area contributed by atoms with Crippen LogP contribution in [0.3, 0.4) is 0 Å². The van der Waals surface area contributed by atoms with Gasteiger partial charge in [0, 0.05) is 4.88 Å². The number of hydrogen-bond donors (Lipinski definition) is 1. The molecule has 0 unspecified atom stereocenters. The maximum absolute atomic E-state index is 5.13. The number of aromatic nitrogens is 1. The van der Waals surface area contributed by atoms with Crippen LogP contribution in [0, 0.1) is 3.95 Å². The van der Waals surface area contributed by atoms with Gasteiger partial charge in [0.15, 0.2) is 3.95 Å². The summed E-state index contributed by atoms with van der Waals surface area (Å²) < 4.78 is 0.875. The lowest BCUT2D eigenvalue weighted by Gasteiger charge is -1.95. The van der Waals surface area contributed by atoms with Gasteiger partial charge >= 0.3 is 0 Å². The molecule has 0 atom stereocenters. The average molecular weight is 227 g/mol. The fraction of sp³-hybridized carbons (Fsp3) is 0.222. The molecule has 13 heavy (non-hydrogen) atoms. The molecule has 2 aromatic rings. The highest BCUT2D eigenvalue weighted by Gasteiger charge is 2.07. The Labute approximate surface area is 90.1 Å². The molecule has 0 spiro atoms. The molecular formula is C9H9NS3. The van der Waals surface area contributed by atoms with E-state index in [9.17, 15) is 0 Å². The Kier molecular flexibility index (Phi) is 2.62. The first-order valence-corrected chi connectivity index (χ1v) is 6.17. The Morgan fingerprint density at radius 2 is 2.38 bits per heavy atom. The largest absolute Gasteiger partial charge is 0.336 e. The van der Waals surface area contributed by atoms with Crippen LogP contribution in [0.5, 0.6) is 0 Å². The Hall–Kier alpha value is -0.450. The van der Waals surface area contributed by atoms with Gasteiger partial charge in [0.1, 0.15) is 0 Å². The minimum absolute atomic E-state index is 0.875. The second-order valence-corrected chi connectivity index (χ2v) is 5.36. The Balaban J connectivity index is 2.57. The van der Waals surface area contributed by atoms with Crippen molar-refractivity contribution in [2.24, 2.45) is 0 Å². The van der Waals surface area contributed by atoms with Gasteiger partial charge < -0.3 is 4.98 Å². The molecule has 2 rings (SSSR count). The smallest absolute Gasteiger partial charge is 0.159 e. The van der Waals surface area contributed by atoms with E-state index in [4.69, 9.17) is 12.2 Å². The van der Waals surface area contributed by atoms with Gasteiger partial charge in [0.05, 0.1) is 10.6 Å². The number of H-pyrrole nitrogens is 1. The quantitative estimate of drug-likeness (QED) is 0.764. The molecule has 0 saturated carbocycles. The van der Waals surface area contributed by atoms with Crippen LogP contribution >= 0.6 is 34.9 Å². The molecule has 0 aromatic carbocycles. The Morgan fingerprint density at radius 1 is 1.54 bits per heavy atom. The minimum atomic E-state index is 0.875. The minimum Gasteiger partial charge on any atom is -0.336 e. The summed E-state index contributed by atoms with van der Waals surface area (Å²) in [6, 6.07) is 4.19. The first-order valence-electron chi connectivity index (χ1n) is 4.07. The number of nitrogens with one attached hydrogen (secondary N) is 1. The molecule has 4 heteroatoms. The van der Waals surface area contributed by atoms with Crippen LogP contribution in [0.15, 0.2) is 17.5 Å². The molecule has 1 N–H and O–H groups in total. The van der Waals surface area contributed by atoms with Crippen molar-refractivity contribution in [3.8, 4) is 10.6 Å². The van der Waals surface area contributed by atoms with Crippen molar-refractivity contribution in [2.75, 3.05) is 0 Å². The zero-order valence-corrected chi connectivity index (χ0v) is 9.61. The molecule has 2 heterocycles. The van der Waals surface area contributed by atoms with Crippen molar-refractivity contribution < 1.29 is 0 Å². The van der Waals surface area contributed by atoms with E-state index in [0.29, 0.717) is 0 Å². The maximum Gasteiger partial charge on any atom is 0.159 e. The van der Waals surface area contributed by atoms with Crippen LogP contribution in [0.2, 0.25) is 0 Å². The van der Waals surface area contributed by atoms with Gasteiger partial charge in [-0.3, -0.25) is 0 Å². The lowest BCUT2D eigenvalue weighted by Crippen LogP contribution is -1.78. The molecule has 0 radical (unpaired) electrons. The van der Waals surface area contributed by atoms with E-state index in [0.717, 1.165) is 10.4 Å². The van der Waals surface area contributed by atoms with Gasteiger partial charge in [0.2, 0.25) is 0 Å². The van der Waals surface area contributed by atoms with Crippen LogP contribution in [0.4, 0.5) is 0 Å². The average Bonchev–Trinajstić information content (AvgIpc) is 2.71. The third-order valence-corrected chi connectivity index (χ3v) is 4.08. The summed E-state index contributed by atoms with van der Waals surface area (Å²) in [7, 11) is 0. The van der Waals surface area contributed by atoms with E-state index >= 15 is 0 Å². The lowest BCUT2D eigenvalue weighted by molar-refractivity contribution is 1.17. The van der Waals surface area contributed by atoms with Crippen LogP contribution in [-0.4, -0.2) is 4.98 Å². The number of thiazole rings is 1. The number of thiophene rings is 1. The van der Waals surface area contributed by atoms with E-state index in [1.54, 1.807) is 22.7 Å². The van der Waals surface area contributed by atoms with Crippen molar-refractivity contribution in [1.29, 1.82) is 0 Å². The number of aromatic amines is 1. The summed E-state index contributed by atoms with van der Waals surface area (Å²) in [6.45, 7) is 2.16. The van der Waals surface area contributed by atoms with Crippen LogP contribution in [0.25, 0.3) is 10.6 Å². The summed E-state index contributed by atoms with van der Waals surface area (Å²) in [4.78, 5) is 5.88. The molecule has 0 fully saturated rings. The summed E-state index contributed by atoms with van der Waals surface area (Å²) in [5.74, 6) is 0. The topological polar surface area (TPSA) is 15.8 Å². The van der Waals surface area contributed by atoms with E-state index in [1.807, 2.05) is 0 Å². The van der Waals surface area contributed by atoms with E-state index in [2.05, 4.69) is 29.4 Å². The second kappa shape index (κ2) is 3.74. The number of aryl methyl sites for hydroxylation is 1. The van der Waals surface area contributed by atoms with Crippen LogP contribution in [-0.2, 0) is 6.42 Å². The third-order valence-electron chi connectivity index (χ3n) is 1.81. The van der Waals surface area contributed by atoms with Gasteiger partial charge in [-0.05, 0) is 30.1 Å². The first-order chi connectivity index (χ1) is 6.31. The summed E-state index contributed by atoms with van der Waals surface area (Å²) in [6.07, 6.45) is 1.05. The predicted octanol–water partition coefficient (Wildman–Crippen LogP) is 4.10. The van der Waals surface area contributed by atoms with Gasteiger partial charge in [-0.25, -0.2) is 0 Å². The normalized spacial score (nSPS) is 10.5. The van der Waals surface area contributed by atoms with Gasteiger partial charge in [-0.1, -0.05) is 13.0 Å². The fourth-order valence-electron chi connectivity index (χ4n) is 1.23. The van der Waals surface area contributed by atoms with Gasteiger partial charge in [0.25, 0.3) is 0 Å². The molecule has 0 bridgehead atoms. The van der Waals surface area contributed by atoms with Crippen molar-refractivity contribution in [2.45, 2.75) is 13.3 Å². The highest BCUT2D eigenvalue weighted by atomic mass is 32.1. The highest BCUT2D eigenvalue weighted by Crippen LogP contribution is 2.30. The molecule has 0 aliphatic rings.